The first-order valence-corrected chi connectivity index (χ1v) is 18.7. The Morgan fingerprint density at radius 1 is 0.955 bits per heavy atom. The average Bonchev–Trinajstić information content (AvgIpc) is 3.37. The van der Waals surface area contributed by atoms with Crippen LogP contribution in [0.4, 0.5) is 8.78 Å². The van der Waals surface area contributed by atoms with E-state index in [1.807, 2.05) is 63.4 Å². The van der Waals surface area contributed by atoms with Gasteiger partial charge in [0.25, 0.3) is 10.0 Å². The fourth-order valence-electron chi connectivity index (χ4n) is 4.20. The number of thiazole rings is 1. The van der Waals surface area contributed by atoms with Crippen molar-refractivity contribution in [1.29, 1.82) is 0 Å². The first-order valence-electron chi connectivity index (χ1n) is 14.0. The highest BCUT2D eigenvalue weighted by atomic mass is 79.9. The lowest BCUT2D eigenvalue weighted by Crippen LogP contribution is -2.20. The summed E-state index contributed by atoms with van der Waals surface area (Å²) in [6.07, 6.45) is 0. The van der Waals surface area contributed by atoms with Crippen LogP contribution in [0.5, 0.6) is 0 Å². The maximum absolute atomic E-state index is 15.5. The predicted octanol–water partition coefficient (Wildman–Crippen LogP) is 9.28. The Labute approximate surface area is 270 Å². The number of benzene rings is 3. The smallest absolute Gasteiger partial charge is 0.311 e. The lowest BCUT2D eigenvalue weighted by atomic mass is 10.1. The van der Waals surface area contributed by atoms with Gasteiger partial charge in [-0.2, -0.15) is 17.2 Å². The van der Waals surface area contributed by atoms with E-state index in [9.17, 15) is 13.0 Å². The number of hydrogen-bond acceptors (Lipinski definition) is 6. The molecule has 0 bridgehead atoms. The largest absolute Gasteiger partial charge is 0.404 e. The van der Waals surface area contributed by atoms with Gasteiger partial charge in [-0.15, -0.1) is 15.7 Å². The number of nitrogens with zero attached hydrogens (tertiary/aromatic N) is 2. The fourth-order valence-corrected chi connectivity index (χ4v) is 8.80. The summed E-state index contributed by atoms with van der Waals surface area (Å²) in [5, 5.41) is 1.81. The van der Waals surface area contributed by atoms with Crippen LogP contribution in [0.25, 0.3) is 11.3 Å². The van der Waals surface area contributed by atoms with Gasteiger partial charge in [0.2, 0.25) is 4.80 Å². The summed E-state index contributed by atoms with van der Waals surface area (Å²) in [6.45, 7) is 10.4. The number of halogens is 3. The van der Waals surface area contributed by atoms with Gasteiger partial charge in [-0.25, -0.2) is 0 Å². The topological polar surface area (TPSA) is 87.0 Å². The molecule has 0 atom stereocenters. The molecule has 0 aliphatic heterocycles. The first-order chi connectivity index (χ1) is 20.8. The Morgan fingerprint density at radius 2 is 1.59 bits per heavy atom. The molecule has 0 fully saturated rings. The molecular weight excluding hydrogens is 693 g/mol. The van der Waals surface area contributed by atoms with E-state index in [1.54, 1.807) is 16.7 Å². The third kappa shape index (κ3) is 7.84. The second-order valence-electron chi connectivity index (χ2n) is 9.36. The van der Waals surface area contributed by atoms with Crippen molar-refractivity contribution in [1.82, 2.24) is 4.57 Å². The maximum atomic E-state index is 15.5. The Bertz CT molecular complexity index is 1800. The molecule has 4 aromatic rings. The van der Waals surface area contributed by atoms with E-state index in [4.69, 9.17) is 9.05 Å². The van der Waals surface area contributed by atoms with Crippen LogP contribution in [0.15, 0.2) is 85.9 Å². The number of alkyl halides is 2. The molecule has 0 N–H and O–H groups in total. The molecule has 0 amide bonds. The van der Waals surface area contributed by atoms with Crippen molar-refractivity contribution >= 4 is 44.9 Å². The zero-order valence-corrected chi connectivity index (χ0v) is 29.5. The number of hydrogen-bond donors (Lipinski definition) is 0. The lowest BCUT2D eigenvalue weighted by molar-refractivity contribution is 0.0354. The van der Waals surface area contributed by atoms with Crippen molar-refractivity contribution in [3.05, 3.63) is 104 Å². The number of aromatic nitrogens is 1. The zero-order chi connectivity index (χ0) is 32.7. The van der Waals surface area contributed by atoms with Gasteiger partial charge >= 0.3 is 13.3 Å². The van der Waals surface area contributed by atoms with Gasteiger partial charge in [0, 0.05) is 15.4 Å². The van der Waals surface area contributed by atoms with Gasteiger partial charge in [-0.3, -0.25) is 4.57 Å². The highest BCUT2D eigenvalue weighted by molar-refractivity contribution is 9.10. The number of sulfonamides is 1. The van der Waals surface area contributed by atoms with Crippen LogP contribution in [-0.2, 0) is 35.8 Å². The molecule has 4 rings (SSSR count). The van der Waals surface area contributed by atoms with Crippen molar-refractivity contribution in [2.45, 2.75) is 58.6 Å². The maximum Gasteiger partial charge on any atom is 0.404 e. The molecule has 0 unspecified atom stereocenters. The Kier molecular flexibility index (Phi) is 12.4. The standard InChI is InChI=1S/C29H30BrF2N2O5PS2.C2H6/c1-5-38-40(35,39-6-2)29(31,32)25-15-13-22(17-26(25)30)18-34-27(23-10-8-7-9-11-23)19-41-28(34)33-42(36,37)24-14-12-20(3)21(4)16-24;1-2/h7-17,19H,5-6,18H2,1-4H3;1-2H3. The van der Waals surface area contributed by atoms with Crippen LogP contribution in [0.1, 0.15) is 49.9 Å². The highest BCUT2D eigenvalue weighted by Crippen LogP contribution is 2.67. The van der Waals surface area contributed by atoms with Crippen molar-refractivity contribution in [3.63, 3.8) is 0 Å². The van der Waals surface area contributed by atoms with Crippen molar-refractivity contribution in [2.75, 3.05) is 13.2 Å². The third-order valence-electron chi connectivity index (χ3n) is 6.48. The molecule has 1 aromatic heterocycles. The van der Waals surface area contributed by atoms with Crippen LogP contribution >= 0.6 is 34.9 Å². The third-order valence-corrected chi connectivity index (χ3v) is 11.5. The van der Waals surface area contributed by atoms with Gasteiger partial charge in [0.15, 0.2) is 0 Å². The Morgan fingerprint density at radius 3 is 2.16 bits per heavy atom. The minimum absolute atomic E-state index is 0.00274. The molecule has 0 aliphatic carbocycles. The monoisotopic (exact) mass is 728 g/mol. The summed E-state index contributed by atoms with van der Waals surface area (Å²) in [6, 6.07) is 18.3. The molecule has 0 radical (unpaired) electrons. The number of aryl methyl sites for hydroxylation is 2. The second-order valence-corrected chi connectivity index (χ2v) is 14.7. The Balaban J connectivity index is 0.00000259. The van der Waals surface area contributed by atoms with E-state index in [0.29, 0.717) is 11.3 Å². The highest BCUT2D eigenvalue weighted by Gasteiger charge is 2.55. The van der Waals surface area contributed by atoms with Crippen LogP contribution in [0.3, 0.4) is 0 Å². The van der Waals surface area contributed by atoms with Gasteiger partial charge < -0.3 is 13.6 Å². The van der Waals surface area contributed by atoms with Crippen LogP contribution in [0.2, 0.25) is 0 Å². The van der Waals surface area contributed by atoms with E-state index < -0.39 is 28.8 Å². The van der Waals surface area contributed by atoms with E-state index >= 15 is 8.78 Å². The molecule has 0 spiro atoms. The van der Waals surface area contributed by atoms with Gasteiger partial charge in [0.05, 0.1) is 30.3 Å². The Hall–Kier alpha value is -2.47. The summed E-state index contributed by atoms with van der Waals surface area (Å²) >= 11 is 4.38. The molecule has 7 nitrogen and oxygen atoms in total. The summed E-state index contributed by atoms with van der Waals surface area (Å²) in [5.74, 6) is 0. The average molecular weight is 730 g/mol. The minimum atomic E-state index is -4.81. The lowest BCUT2D eigenvalue weighted by Gasteiger charge is -2.26. The molecule has 238 valence electrons. The van der Waals surface area contributed by atoms with Crippen molar-refractivity contribution < 1.29 is 30.8 Å². The minimum Gasteiger partial charge on any atom is -0.311 e. The van der Waals surface area contributed by atoms with Crippen molar-refractivity contribution in [3.8, 4) is 11.3 Å². The van der Waals surface area contributed by atoms with Gasteiger partial charge in [-0.1, -0.05) is 78.3 Å². The normalized spacial score (nSPS) is 12.6. The summed E-state index contributed by atoms with van der Waals surface area (Å²) in [4.78, 5) is 0.295. The SMILES string of the molecule is CC.CCOP(=O)(OCC)C(F)(F)c1ccc(Cn2c(-c3ccccc3)csc2=NS(=O)(=O)c2ccc(C)c(C)c2)cc1Br. The van der Waals surface area contributed by atoms with E-state index in [-0.39, 0.29) is 33.9 Å². The summed E-state index contributed by atoms with van der Waals surface area (Å²) in [5.41, 5.74) is -0.558. The van der Waals surface area contributed by atoms with Gasteiger partial charge in [-0.05, 0) is 68.1 Å². The second kappa shape index (κ2) is 15.2. The van der Waals surface area contributed by atoms with Crippen LogP contribution in [0, 0.1) is 13.8 Å². The number of rotatable bonds is 11. The van der Waals surface area contributed by atoms with Gasteiger partial charge in [0.1, 0.15) is 0 Å². The summed E-state index contributed by atoms with van der Waals surface area (Å²) < 4.78 is 86.3. The zero-order valence-electron chi connectivity index (χ0n) is 25.4. The first kappa shape index (κ1) is 36.0. The summed E-state index contributed by atoms with van der Waals surface area (Å²) in [7, 11) is -8.86. The van der Waals surface area contributed by atoms with E-state index in [1.165, 1.54) is 38.1 Å². The molecule has 13 heteroatoms. The van der Waals surface area contributed by atoms with E-state index in [0.717, 1.165) is 28.0 Å². The molecule has 0 saturated heterocycles. The molecule has 3 aromatic carbocycles. The van der Waals surface area contributed by atoms with Crippen LogP contribution < -0.4 is 4.80 Å². The fraction of sp³-hybridized carbons (Fsp3) is 0.323. The molecule has 44 heavy (non-hydrogen) atoms. The predicted molar refractivity (Wildman–Crippen MR) is 176 cm³/mol. The van der Waals surface area contributed by atoms with E-state index in [2.05, 4.69) is 20.3 Å². The molecule has 1 heterocycles. The quantitative estimate of drug-likeness (QED) is 0.144. The molecule has 0 saturated carbocycles. The molecule has 0 aliphatic rings. The van der Waals surface area contributed by atoms with Crippen molar-refractivity contribution in [2.24, 2.45) is 4.40 Å². The van der Waals surface area contributed by atoms with Crippen LogP contribution in [-0.4, -0.2) is 26.2 Å². The molecular formula is C31H36BrF2N2O5PS2.